The van der Waals surface area contributed by atoms with E-state index < -0.39 is 42.5 Å². The summed E-state index contributed by atoms with van der Waals surface area (Å²) in [5.74, 6) is -0.291. The lowest BCUT2D eigenvalue weighted by Crippen LogP contribution is -2.11. The third kappa shape index (κ3) is 12.8. The van der Waals surface area contributed by atoms with Crippen molar-refractivity contribution < 1.29 is 39.8 Å². The summed E-state index contributed by atoms with van der Waals surface area (Å²) in [6.07, 6.45) is 0.618. The molecule has 1 aromatic rings. The van der Waals surface area contributed by atoms with Crippen LogP contribution < -0.4 is 0 Å². The quantitative estimate of drug-likeness (QED) is 0.308. The molecule has 0 radical (unpaired) electrons. The van der Waals surface area contributed by atoms with Crippen molar-refractivity contribution in [2.75, 3.05) is 17.3 Å². The Bertz CT molecular complexity index is 753. The van der Waals surface area contributed by atoms with E-state index in [1.165, 1.54) is 36.0 Å². The predicted molar refractivity (Wildman–Crippen MR) is 95.2 cm³/mol. The lowest BCUT2D eigenvalue weighted by Gasteiger charge is -2.09. The summed E-state index contributed by atoms with van der Waals surface area (Å²) in [6, 6.07) is 5.82. The molecule has 0 heterocycles. The molecule has 0 fully saturated rings. The number of rotatable bonds is 9. The first-order chi connectivity index (χ1) is 11.9. The fraction of sp³-hybridized carbons (Fsp3) is 0.538. The van der Waals surface area contributed by atoms with Crippen LogP contribution in [0.2, 0.25) is 0 Å². The number of sulfone groups is 1. The van der Waals surface area contributed by atoms with Crippen molar-refractivity contribution in [3.63, 3.8) is 0 Å². The van der Waals surface area contributed by atoms with Gasteiger partial charge in [-0.05, 0) is 30.5 Å². The molecule has 0 spiro atoms. The van der Waals surface area contributed by atoms with E-state index in [1.807, 2.05) is 6.92 Å². The Hall–Kier alpha value is -0.540. The molecule has 1 rings (SSSR count). The maximum absolute atomic E-state index is 12.1. The minimum atomic E-state index is -4.28. The number of hydrogen-bond acceptors (Lipinski definition) is 10. The summed E-state index contributed by atoms with van der Waals surface area (Å²) in [6.45, 7) is 1.81. The van der Waals surface area contributed by atoms with Gasteiger partial charge in [0.15, 0.2) is 9.84 Å². The fourth-order valence-corrected chi connectivity index (χ4v) is 4.68. The van der Waals surface area contributed by atoms with Crippen molar-refractivity contribution in [1.82, 2.24) is 0 Å². The van der Waals surface area contributed by atoms with Crippen LogP contribution in [0.15, 0.2) is 29.2 Å². The summed E-state index contributed by atoms with van der Waals surface area (Å²) >= 11 is -1.92. The molecule has 1 aromatic carbocycles. The molecular weight excluding hydrogens is 428 g/mol. The van der Waals surface area contributed by atoms with Crippen LogP contribution in [0.5, 0.6) is 0 Å². The fourth-order valence-electron chi connectivity index (χ4n) is 1.64. The van der Waals surface area contributed by atoms with E-state index in [4.69, 9.17) is 13.3 Å². The van der Waals surface area contributed by atoms with Gasteiger partial charge in [0, 0.05) is 11.5 Å². The minimum Gasteiger partial charge on any atom is -0.784 e. The largest absolute Gasteiger partial charge is 0.784 e. The Morgan fingerprint density at radius 1 is 1.12 bits per heavy atom. The molecule has 0 saturated heterocycles. The SMILES string of the molecule is CCC(O)SCCS(=O)(=O)c1ccc(CCS(=O)(=O)[O-])cc1.O=S([O-])[O-]. The molecule has 1 atom stereocenters. The molecule has 0 aromatic heterocycles. The lowest BCUT2D eigenvalue weighted by molar-refractivity contribution is 0.259. The van der Waals surface area contributed by atoms with Gasteiger partial charge in [0.25, 0.3) is 0 Å². The molecule has 1 N–H and O–H groups in total. The lowest BCUT2D eigenvalue weighted by atomic mass is 10.2. The number of benzene rings is 1. The Labute approximate surface area is 160 Å². The Morgan fingerprint density at radius 2 is 1.62 bits per heavy atom. The predicted octanol–water partition coefficient (Wildman–Crippen LogP) is 0.00550. The first-order valence-corrected chi connectivity index (χ1v) is 12.5. The van der Waals surface area contributed by atoms with Gasteiger partial charge in [-0.2, -0.15) is 0 Å². The van der Waals surface area contributed by atoms with Gasteiger partial charge in [0.1, 0.15) is 0 Å². The highest BCUT2D eigenvalue weighted by Crippen LogP contribution is 2.17. The summed E-state index contributed by atoms with van der Waals surface area (Å²) in [5, 5.41) is 9.38. The van der Waals surface area contributed by atoms with Gasteiger partial charge < -0.3 is 18.8 Å². The van der Waals surface area contributed by atoms with E-state index in [1.54, 1.807) is 0 Å². The van der Waals surface area contributed by atoms with Gasteiger partial charge in [0.2, 0.25) is 0 Å². The van der Waals surface area contributed by atoms with Crippen LogP contribution in [0.1, 0.15) is 18.9 Å². The summed E-state index contributed by atoms with van der Waals surface area (Å²) in [7, 11) is -7.71. The van der Waals surface area contributed by atoms with E-state index in [0.29, 0.717) is 17.7 Å². The average Bonchev–Trinajstić information content (AvgIpc) is 2.51. The molecule has 0 aliphatic carbocycles. The molecule has 13 heteroatoms. The second-order valence-corrected chi connectivity index (χ2v) is 10.2. The van der Waals surface area contributed by atoms with E-state index in [2.05, 4.69) is 0 Å². The van der Waals surface area contributed by atoms with Crippen molar-refractivity contribution in [2.24, 2.45) is 0 Å². The van der Waals surface area contributed by atoms with Crippen LogP contribution in [0.4, 0.5) is 0 Å². The average molecular weight is 448 g/mol. The van der Waals surface area contributed by atoms with Crippen molar-refractivity contribution >= 4 is 43.1 Å². The number of aliphatic hydroxyl groups excluding tert-OH is 1. The van der Waals surface area contributed by atoms with Crippen molar-refractivity contribution in [2.45, 2.75) is 30.1 Å². The zero-order chi connectivity index (χ0) is 20.4. The summed E-state index contributed by atoms with van der Waals surface area (Å²) < 4.78 is 81.2. The number of hydrogen-bond donors (Lipinski definition) is 1. The first kappa shape index (κ1) is 25.5. The third-order valence-corrected chi connectivity index (χ3v) is 6.79. The van der Waals surface area contributed by atoms with Crippen LogP contribution in [0, 0.1) is 0 Å². The van der Waals surface area contributed by atoms with Crippen LogP contribution in [-0.4, -0.2) is 62.5 Å². The number of aryl methyl sites for hydroxylation is 1. The van der Waals surface area contributed by atoms with Gasteiger partial charge in [-0.3, -0.25) is 4.21 Å². The van der Waals surface area contributed by atoms with Crippen molar-refractivity contribution in [1.29, 1.82) is 0 Å². The highest BCUT2D eigenvalue weighted by molar-refractivity contribution is 8.01. The Balaban J connectivity index is 0.00000141. The molecular formula is C13H19O9S4-3. The smallest absolute Gasteiger partial charge is 0.179 e. The second kappa shape index (κ2) is 12.0. The van der Waals surface area contributed by atoms with Gasteiger partial charge in [-0.25, -0.2) is 16.8 Å². The monoisotopic (exact) mass is 447 g/mol. The molecule has 0 aliphatic rings. The second-order valence-electron chi connectivity index (χ2n) is 4.91. The molecule has 1 unspecified atom stereocenters. The summed E-state index contributed by atoms with van der Waals surface area (Å²) in [4.78, 5) is 0.146. The van der Waals surface area contributed by atoms with Crippen molar-refractivity contribution in [3.8, 4) is 0 Å². The molecule has 9 nitrogen and oxygen atoms in total. The molecule has 0 aliphatic heterocycles. The van der Waals surface area contributed by atoms with Gasteiger partial charge in [0.05, 0.1) is 26.2 Å². The topological polar surface area (TPSA) is 175 Å². The van der Waals surface area contributed by atoms with Gasteiger partial charge >= 0.3 is 0 Å². The van der Waals surface area contributed by atoms with Gasteiger partial charge in [-0.1, -0.05) is 19.1 Å². The van der Waals surface area contributed by atoms with Crippen molar-refractivity contribution in [3.05, 3.63) is 29.8 Å². The van der Waals surface area contributed by atoms with E-state index in [0.717, 1.165) is 0 Å². The molecule has 26 heavy (non-hydrogen) atoms. The molecule has 152 valence electrons. The molecule has 0 saturated carbocycles. The van der Waals surface area contributed by atoms with Crippen LogP contribution in [-0.2, 0) is 37.7 Å². The van der Waals surface area contributed by atoms with E-state index in [9.17, 15) is 26.5 Å². The number of aliphatic hydroxyl groups is 1. The highest BCUT2D eigenvalue weighted by atomic mass is 32.2. The Morgan fingerprint density at radius 3 is 2.04 bits per heavy atom. The molecule has 0 amide bonds. The van der Waals surface area contributed by atoms with Crippen LogP contribution >= 0.6 is 11.8 Å². The first-order valence-electron chi connectivity index (χ1n) is 7.19. The highest BCUT2D eigenvalue weighted by Gasteiger charge is 2.15. The third-order valence-electron chi connectivity index (χ3n) is 2.93. The zero-order valence-corrected chi connectivity index (χ0v) is 17.0. The maximum atomic E-state index is 12.1. The number of thioether (sulfide) groups is 1. The summed E-state index contributed by atoms with van der Waals surface area (Å²) in [5.41, 5.74) is 0.0285. The van der Waals surface area contributed by atoms with E-state index >= 15 is 0 Å². The van der Waals surface area contributed by atoms with Crippen LogP contribution in [0.25, 0.3) is 0 Å². The van der Waals surface area contributed by atoms with Gasteiger partial charge in [-0.15, -0.1) is 23.1 Å². The maximum Gasteiger partial charge on any atom is 0.179 e. The Kier molecular flexibility index (Phi) is 11.8. The van der Waals surface area contributed by atoms with Crippen LogP contribution in [0.3, 0.4) is 0 Å². The normalized spacial score (nSPS) is 13.2. The van der Waals surface area contributed by atoms with E-state index in [-0.39, 0.29) is 17.1 Å². The standard InChI is InChI=1S/C13H20O6S3.H2O3S/c1-2-13(14)20-8-10-21(15,16)12-5-3-11(4-6-12)7-9-22(17,18)19;1-4(2)3/h3-6,13-14H,2,7-10H2,1H3,(H,17,18,19);(H2,1,2,3)/p-3. The zero-order valence-electron chi connectivity index (χ0n) is 13.8. The minimum absolute atomic E-state index is 0.0602. The molecule has 0 bridgehead atoms.